The normalized spacial score (nSPS) is 28.3. The van der Waals surface area contributed by atoms with Crippen LogP contribution in [0.5, 0.6) is 0 Å². The van der Waals surface area contributed by atoms with Gasteiger partial charge in [0.1, 0.15) is 11.9 Å². The zero-order valence-corrected chi connectivity index (χ0v) is 13.2. The van der Waals surface area contributed by atoms with E-state index in [0.717, 1.165) is 24.8 Å². The number of halogens is 2. The summed E-state index contributed by atoms with van der Waals surface area (Å²) in [4.78, 5) is 14.4. The number of rotatable bonds is 2. The van der Waals surface area contributed by atoms with Crippen LogP contribution in [0, 0.1) is 11.7 Å². The van der Waals surface area contributed by atoms with Gasteiger partial charge in [0.25, 0.3) is 0 Å². The smallest absolute Gasteiger partial charge is 0.225 e. The van der Waals surface area contributed by atoms with Gasteiger partial charge < -0.3 is 15.4 Å². The van der Waals surface area contributed by atoms with E-state index >= 15 is 0 Å². The Kier molecular flexibility index (Phi) is 5.78. The van der Waals surface area contributed by atoms with Crippen molar-refractivity contribution in [1.82, 2.24) is 4.90 Å². The largest absolute Gasteiger partial charge is 0.370 e. The van der Waals surface area contributed by atoms with Crippen molar-refractivity contribution in [2.45, 2.75) is 31.4 Å². The quantitative estimate of drug-likeness (QED) is 0.906. The average molecular weight is 329 g/mol. The van der Waals surface area contributed by atoms with Crippen LogP contribution in [-0.2, 0) is 9.53 Å². The molecule has 3 rings (SSSR count). The molecule has 0 radical (unpaired) electrons. The number of carbonyl (C=O) groups excluding carboxylic acids is 1. The lowest BCUT2D eigenvalue weighted by Gasteiger charge is -2.34. The van der Waals surface area contributed by atoms with Gasteiger partial charge in [-0.3, -0.25) is 4.79 Å². The van der Waals surface area contributed by atoms with Crippen LogP contribution in [0.25, 0.3) is 0 Å². The fraction of sp³-hybridized carbons (Fsp3) is 0.562. The minimum Gasteiger partial charge on any atom is -0.370 e. The highest BCUT2D eigenvalue weighted by Crippen LogP contribution is 2.29. The Labute approximate surface area is 136 Å². The number of nitrogens with zero attached hydrogens (tertiary/aromatic N) is 1. The second kappa shape index (κ2) is 7.40. The van der Waals surface area contributed by atoms with Gasteiger partial charge in [0, 0.05) is 18.5 Å². The maximum atomic E-state index is 13.3. The van der Waals surface area contributed by atoms with Crippen molar-refractivity contribution in [2.75, 3.05) is 19.7 Å². The van der Waals surface area contributed by atoms with Crippen LogP contribution in [0.3, 0.4) is 0 Å². The van der Waals surface area contributed by atoms with E-state index in [0.29, 0.717) is 19.7 Å². The summed E-state index contributed by atoms with van der Waals surface area (Å²) >= 11 is 0. The first-order chi connectivity index (χ1) is 10.1. The summed E-state index contributed by atoms with van der Waals surface area (Å²) in [5, 5.41) is 0. The van der Waals surface area contributed by atoms with E-state index in [1.165, 1.54) is 12.1 Å². The molecule has 1 aromatic rings. The molecule has 4 nitrogen and oxygen atoms in total. The molecule has 3 atom stereocenters. The summed E-state index contributed by atoms with van der Waals surface area (Å²) in [5.41, 5.74) is 6.68. The highest BCUT2D eigenvalue weighted by Gasteiger charge is 2.33. The predicted octanol–water partition coefficient (Wildman–Crippen LogP) is 2.27. The third-order valence-corrected chi connectivity index (χ3v) is 4.42. The molecule has 0 aromatic heterocycles. The highest BCUT2D eigenvalue weighted by molar-refractivity contribution is 5.85. The SMILES string of the molecule is Cl.NC1CCC(C(=O)N2CCOC(c3cccc(F)c3)C2)C1. The molecule has 1 aliphatic heterocycles. The third kappa shape index (κ3) is 3.77. The van der Waals surface area contributed by atoms with Crippen molar-refractivity contribution in [3.8, 4) is 0 Å². The number of ether oxygens (including phenoxy) is 1. The fourth-order valence-corrected chi connectivity index (χ4v) is 3.26. The van der Waals surface area contributed by atoms with Crippen LogP contribution in [-0.4, -0.2) is 36.5 Å². The first-order valence-electron chi connectivity index (χ1n) is 7.55. The molecule has 2 aliphatic rings. The van der Waals surface area contributed by atoms with Gasteiger partial charge in [0.15, 0.2) is 0 Å². The lowest BCUT2D eigenvalue weighted by molar-refractivity contribution is -0.143. The number of carbonyl (C=O) groups is 1. The van der Waals surface area contributed by atoms with Crippen LogP contribution < -0.4 is 5.73 Å². The van der Waals surface area contributed by atoms with E-state index in [1.807, 2.05) is 11.0 Å². The maximum Gasteiger partial charge on any atom is 0.225 e. The maximum absolute atomic E-state index is 13.3. The van der Waals surface area contributed by atoms with E-state index < -0.39 is 0 Å². The Morgan fingerprint density at radius 2 is 2.18 bits per heavy atom. The van der Waals surface area contributed by atoms with Crippen LogP contribution in [0.1, 0.15) is 30.9 Å². The first-order valence-corrected chi connectivity index (χ1v) is 7.55. The molecule has 1 amide bonds. The predicted molar refractivity (Wildman–Crippen MR) is 84.2 cm³/mol. The number of morpholine rings is 1. The topological polar surface area (TPSA) is 55.6 Å². The number of amides is 1. The molecule has 1 aliphatic carbocycles. The van der Waals surface area contributed by atoms with E-state index in [2.05, 4.69) is 0 Å². The van der Waals surface area contributed by atoms with Crippen molar-refractivity contribution < 1.29 is 13.9 Å². The van der Waals surface area contributed by atoms with Crippen LogP contribution in [0.4, 0.5) is 4.39 Å². The number of hydrogen-bond acceptors (Lipinski definition) is 3. The van der Waals surface area contributed by atoms with Crippen LogP contribution in [0.2, 0.25) is 0 Å². The second-order valence-electron chi connectivity index (χ2n) is 5.97. The molecule has 0 spiro atoms. The number of nitrogens with two attached hydrogens (primary N) is 1. The Hall–Kier alpha value is -1.17. The molecule has 6 heteroatoms. The summed E-state index contributed by atoms with van der Waals surface area (Å²) < 4.78 is 19.0. The summed E-state index contributed by atoms with van der Waals surface area (Å²) in [6, 6.07) is 6.55. The van der Waals surface area contributed by atoms with Crippen molar-refractivity contribution in [3.05, 3.63) is 35.6 Å². The summed E-state index contributed by atoms with van der Waals surface area (Å²) in [6.45, 7) is 1.59. The van der Waals surface area contributed by atoms with Gasteiger partial charge in [-0.15, -0.1) is 12.4 Å². The lowest BCUT2D eigenvalue weighted by Crippen LogP contribution is -2.44. The van der Waals surface area contributed by atoms with E-state index in [1.54, 1.807) is 6.07 Å². The number of benzene rings is 1. The molecular formula is C16H22ClFN2O2. The van der Waals surface area contributed by atoms with Gasteiger partial charge in [-0.1, -0.05) is 12.1 Å². The monoisotopic (exact) mass is 328 g/mol. The molecule has 1 saturated heterocycles. The minimum absolute atomic E-state index is 0. The molecule has 1 saturated carbocycles. The van der Waals surface area contributed by atoms with E-state index in [4.69, 9.17) is 10.5 Å². The highest BCUT2D eigenvalue weighted by atomic mass is 35.5. The minimum atomic E-state index is -0.277. The standard InChI is InChI=1S/C16H21FN2O2.ClH/c17-13-3-1-2-11(8-13)15-10-19(6-7-21-15)16(20)12-4-5-14(18)9-12;/h1-3,8,12,14-15H,4-7,9-10,18H2;1H. The molecule has 3 unspecified atom stereocenters. The Morgan fingerprint density at radius 3 is 2.86 bits per heavy atom. The Bertz CT molecular complexity index is 529. The summed E-state index contributed by atoms with van der Waals surface area (Å²) in [6.07, 6.45) is 2.34. The summed E-state index contributed by atoms with van der Waals surface area (Å²) in [7, 11) is 0. The van der Waals surface area contributed by atoms with Crippen molar-refractivity contribution in [2.24, 2.45) is 11.7 Å². The van der Waals surface area contributed by atoms with Gasteiger partial charge in [-0.25, -0.2) is 4.39 Å². The molecule has 2 N–H and O–H groups in total. The van der Waals surface area contributed by atoms with Gasteiger partial charge in [0.05, 0.1) is 13.2 Å². The van der Waals surface area contributed by atoms with Crippen LogP contribution in [0.15, 0.2) is 24.3 Å². The van der Waals surface area contributed by atoms with Crippen molar-refractivity contribution in [3.63, 3.8) is 0 Å². The molecular weight excluding hydrogens is 307 g/mol. The zero-order valence-electron chi connectivity index (χ0n) is 12.4. The fourth-order valence-electron chi connectivity index (χ4n) is 3.26. The molecule has 0 bridgehead atoms. The molecule has 22 heavy (non-hydrogen) atoms. The Balaban J connectivity index is 0.00000176. The third-order valence-electron chi connectivity index (χ3n) is 4.42. The van der Waals surface area contributed by atoms with Crippen molar-refractivity contribution >= 4 is 18.3 Å². The number of hydrogen-bond donors (Lipinski definition) is 1. The molecule has 2 fully saturated rings. The zero-order chi connectivity index (χ0) is 14.8. The van der Waals surface area contributed by atoms with Gasteiger partial charge in [0.2, 0.25) is 5.91 Å². The van der Waals surface area contributed by atoms with E-state index in [-0.39, 0.29) is 42.2 Å². The average Bonchev–Trinajstić information content (AvgIpc) is 2.93. The van der Waals surface area contributed by atoms with Gasteiger partial charge in [-0.05, 0) is 37.0 Å². The Morgan fingerprint density at radius 1 is 1.36 bits per heavy atom. The second-order valence-corrected chi connectivity index (χ2v) is 5.97. The summed E-state index contributed by atoms with van der Waals surface area (Å²) in [5.74, 6) is -0.0553. The van der Waals surface area contributed by atoms with E-state index in [9.17, 15) is 9.18 Å². The lowest BCUT2D eigenvalue weighted by atomic mass is 10.0. The van der Waals surface area contributed by atoms with Crippen molar-refractivity contribution in [1.29, 1.82) is 0 Å². The molecule has 1 aromatic carbocycles. The van der Waals surface area contributed by atoms with Gasteiger partial charge >= 0.3 is 0 Å². The van der Waals surface area contributed by atoms with Crippen LogP contribution >= 0.6 is 12.4 Å². The van der Waals surface area contributed by atoms with Gasteiger partial charge in [-0.2, -0.15) is 0 Å². The molecule has 122 valence electrons. The molecule has 1 heterocycles. The first kappa shape index (κ1) is 17.2.